The summed E-state index contributed by atoms with van der Waals surface area (Å²) in [4.78, 5) is 16.9. The zero-order valence-corrected chi connectivity index (χ0v) is 19.4. The number of anilines is 1. The number of hydrogen-bond donors (Lipinski definition) is 2. The minimum absolute atomic E-state index is 0. The van der Waals surface area contributed by atoms with Gasteiger partial charge in [-0.1, -0.05) is 17.7 Å². The van der Waals surface area contributed by atoms with E-state index in [1.165, 1.54) is 18.2 Å². The van der Waals surface area contributed by atoms with Crippen molar-refractivity contribution in [3.8, 4) is 11.5 Å². The second-order valence-electron chi connectivity index (χ2n) is 7.03. The number of carbonyl (C=O) groups is 1. The molecule has 3 aromatic carbocycles. The first kappa shape index (κ1) is 23.7. The Balaban J connectivity index is 0.00000289. The molecule has 4 aromatic rings. The van der Waals surface area contributed by atoms with Gasteiger partial charge < -0.3 is 9.73 Å². The Bertz CT molecular complexity index is 1340. The Kier molecular flexibility index (Phi) is 7.13. The van der Waals surface area contributed by atoms with Crippen LogP contribution in [0.25, 0.3) is 22.6 Å². The van der Waals surface area contributed by atoms with E-state index in [0.29, 0.717) is 27.9 Å². The van der Waals surface area contributed by atoms with Gasteiger partial charge in [0.2, 0.25) is 5.89 Å². The number of fused-ring (bicyclic) bond motifs is 1. The predicted octanol–water partition coefficient (Wildman–Crippen LogP) is 6.45. The lowest BCUT2D eigenvalue weighted by Crippen LogP contribution is -2.34. The van der Waals surface area contributed by atoms with E-state index in [1.54, 1.807) is 24.3 Å². The maximum Gasteiger partial charge on any atom is 0.257 e. The van der Waals surface area contributed by atoms with E-state index in [9.17, 15) is 9.18 Å². The summed E-state index contributed by atoms with van der Waals surface area (Å²) in [6, 6.07) is 14.7. The van der Waals surface area contributed by atoms with Crippen LogP contribution in [0.3, 0.4) is 0 Å². The smallest absolute Gasteiger partial charge is 0.257 e. The maximum atomic E-state index is 13.3. The normalized spacial score (nSPS) is 10.5. The Hall–Kier alpha value is -3.00. The van der Waals surface area contributed by atoms with Crippen molar-refractivity contribution in [1.82, 2.24) is 10.3 Å². The molecule has 0 aliphatic carbocycles. The molecule has 1 heterocycles. The van der Waals surface area contributed by atoms with Crippen molar-refractivity contribution < 1.29 is 13.6 Å². The molecule has 0 saturated heterocycles. The molecule has 1 aromatic heterocycles. The molecule has 0 aliphatic rings. The van der Waals surface area contributed by atoms with Gasteiger partial charge in [-0.15, -0.1) is 12.4 Å². The molecule has 5 nitrogen and oxygen atoms in total. The summed E-state index contributed by atoms with van der Waals surface area (Å²) in [5.74, 6) is -0.452. The third-order valence-corrected chi connectivity index (χ3v) is 5.32. The molecule has 32 heavy (non-hydrogen) atoms. The number of thiocarbonyl (C=S) groups is 1. The average Bonchev–Trinajstić information content (AvgIpc) is 3.12. The molecule has 2 N–H and O–H groups in total. The summed E-state index contributed by atoms with van der Waals surface area (Å²) in [6.45, 7) is 3.93. The summed E-state index contributed by atoms with van der Waals surface area (Å²) in [6.07, 6.45) is 0. The van der Waals surface area contributed by atoms with Crippen molar-refractivity contribution in [3.63, 3.8) is 0 Å². The van der Waals surface area contributed by atoms with E-state index in [0.717, 1.165) is 11.1 Å². The fraction of sp³-hybridized carbons (Fsp3) is 0.0870. The molecule has 1 amide bonds. The summed E-state index contributed by atoms with van der Waals surface area (Å²) < 4.78 is 19.0. The zero-order chi connectivity index (χ0) is 22.1. The van der Waals surface area contributed by atoms with Gasteiger partial charge in [-0.25, -0.2) is 9.37 Å². The van der Waals surface area contributed by atoms with Crippen LogP contribution in [0.4, 0.5) is 10.1 Å². The van der Waals surface area contributed by atoms with E-state index in [1.807, 2.05) is 26.0 Å². The van der Waals surface area contributed by atoms with Crippen LogP contribution in [-0.2, 0) is 0 Å². The minimum Gasteiger partial charge on any atom is -0.436 e. The highest BCUT2D eigenvalue weighted by Crippen LogP contribution is 2.31. The average molecular weight is 490 g/mol. The second-order valence-corrected chi connectivity index (χ2v) is 7.85. The van der Waals surface area contributed by atoms with E-state index in [2.05, 4.69) is 15.6 Å². The molecular formula is C23H18Cl2FN3O2S. The lowest BCUT2D eigenvalue weighted by atomic mass is 10.1. The molecule has 0 spiro atoms. The molecule has 9 heteroatoms. The van der Waals surface area contributed by atoms with Crippen molar-refractivity contribution in [2.45, 2.75) is 13.8 Å². The van der Waals surface area contributed by atoms with E-state index in [4.69, 9.17) is 28.2 Å². The number of rotatable bonds is 3. The maximum absolute atomic E-state index is 13.3. The van der Waals surface area contributed by atoms with Crippen LogP contribution in [0.1, 0.15) is 21.5 Å². The monoisotopic (exact) mass is 489 g/mol. The van der Waals surface area contributed by atoms with Gasteiger partial charge in [0.05, 0.1) is 10.6 Å². The molecule has 0 bridgehead atoms. The number of nitrogens with one attached hydrogen (secondary N) is 2. The van der Waals surface area contributed by atoms with E-state index >= 15 is 0 Å². The topological polar surface area (TPSA) is 67.2 Å². The summed E-state index contributed by atoms with van der Waals surface area (Å²) in [5, 5.41) is 6.01. The molecule has 0 fully saturated rings. The fourth-order valence-electron chi connectivity index (χ4n) is 3.00. The van der Waals surface area contributed by atoms with Crippen LogP contribution >= 0.6 is 36.2 Å². The third-order valence-electron chi connectivity index (χ3n) is 4.80. The largest absolute Gasteiger partial charge is 0.436 e. The van der Waals surface area contributed by atoms with Crippen LogP contribution in [0.2, 0.25) is 5.02 Å². The van der Waals surface area contributed by atoms with Crippen LogP contribution in [0, 0.1) is 19.7 Å². The number of benzene rings is 3. The number of carbonyl (C=O) groups excluding carboxylic acids is 1. The van der Waals surface area contributed by atoms with Crippen molar-refractivity contribution in [3.05, 3.63) is 82.1 Å². The predicted molar refractivity (Wildman–Crippen MR) is 131 cm³/mol. The Morgan fingerprint density at radius 3 is 2.56 bits per heavy atom. The van der Waals surface area contributed by atoms with Crippen LogP contribution in [-0.4, -0.2) is 16.0 Å². The number of oxazole rings is 1. The number of hydrogen-bond acceptors (Lipinski definition) is 4. The lowest BCUT2D eigenvalue weighted by molar-refractivity contribution is 0.0977. The van der Waals surface area contributed by atoms with Crippen LogP contribution in [0.15, 0.2) is 59.0 Å². The van der Waals surface area contributed by atoms with Crippen molar-refractivity contribution >= 4 is 64.0 Å². The summed E-state index contributed by atoms with van der Waals surface area (Å²) >= 11 is 11.4. The van der Waals surface area contributed by atoms with Crippen molar-refractivity contribution in [1.29, 1.82) is 0 Å². The SMILES string of the molecule is Cc1ccc(C(=O)NC(=S)Nc2ccc3oc(-c4ccc(F)cc4Cl)nc3c2)cc1C.Cl. The number of aromatic nitrogens is 1. The first-order chi connectivity index (χ1) is 14.8. The quantitative estimate of drug-likeness (QED) is 0.323. The van der Waals surface area contributed by atoms with Crippen LogP contribution < -0.4 is 10.6 Å². The molecular weight excluding hydrogens is 472 g/mol. The van der Waals surface area contributed by atoms with Gasteiger partial charge in [-0.3, -0.25) is 10.1 Å². The Labute approximate surface area is 200 Å². The van der Waals surface area contributed by atoms with Crippen molar-refractivity contribution in [2.24, 2.45) is 0 Å². The molecule has 0 unspecified atom stereocenters. The summed E-state index contributed by atoms with van der Waals surface area (Å²) in [5.41, 5.74) is 4.88. The first-order valence-electron chi connectivity index (χ1n) is 9.36. The van der Waals surface area contributed by atoms with Crippen LogP contribution in [0.5, 0.6) is 0 Å². The fourth-order valence-corrected chi connectivity index (χ4v) is 3.46. The highest BCUT2D eigenvalue weighted by molar-refractivity contribution is 7.80. The van der Waals surface area contributed by atoms with Gasteiger partial charge in [-0.05, 0) is 85.7 Å². The standard InChI is InChI=1S/C23H17ClFN3O2S.ClH/c1-12-3-4-14(9-13(12)2)21(29)28-23(31)26-16-6-8-20-19(11-16)27-22(30-20)17-7-5-15(25)10-18(17)24;/h3-11H,1-2H3,(H2,26,28,29,31);1H. The lowest BCUT2D eigenvalue weighted by Gasteiger charge is -2.10. The number of amides is 1. The molecule has 0 saturated carbocycles. The Morgan fingerprint density at radius 1 is 1.06 bits per heavy atom. The van der Waals surface area contributed by atoms with Gasteiger partial charge in [0, 0.05) is 11.3 Å². The van der Waals surface area contributed by atoms with E-state index < -0.39 is 5.82 Å². The minimum atomic E-state index is -0.437. The number of nitrogens with zero attached hydrogens (tertiary/aromatic N) is 1. The summed E-state index contributed by atoms with van der Waals surface area (Å²) in [7, 11) is 0. The molecule has 0 aliphatic heterocycles. The van der Waals surface area contributed by atoms with E-state index in [-0.39, 0.29) is 34.3 Å². The molecule has 0 atom stereocenters. The van der Waals surface area contributed by atoms with Gasteiger partial charge in [0.25, 0.3) is 5.91 Å². The zero-order valence-electron chi connectivity index (χ0n) is 17.0. The molecule has 0 radical (unpaired) electrons. The number of aryl methyl sites for hydroxylation is 2. The molecule has 164 valence electrons. The first-order valence-corrected chi connectivity index (χ1v) is 10.1. The number of halogens is 3. The van der Waals surface area contributed by atoms with Crippen molar-refractivity contribution in [2.75, 3.05) is 5.32 Å². The highest BCUT2D eigenvalue weighted by Gasteiger charge is 2.14. The van der Waals surface area contributed by atoms with Gasteiger partial charge in [0.1, 0.15) is 11.3 Å². The Morgan fingerprint density at radius 2 is 1.84 bits per heavy atom. The molecule has 4 rings (SSSR count). The third kappa shape index (κ3) is 5.07. The van der Waals surface area contributed by atoms with Gasteiger partial charge in [-0.2, -0.15) is 0 Å². The highest BCUT2D eigenvalue weighted by atomic mass is 35.5. The van der Waals surface area contributed by atoms with Gasteiger partial charge >= 0.3 is 0 Å². The van der Waals surface area contributed by atoms with Gasteiger partial charge in [0.15, 0.2) is 10.7 Å². The second kappa shape index (κ2) is 9.65.